The van der Waals surface area contributed by atoms with Crippen LogP contribution >= 0.6 is 0 Å². The lowest BCUT2D eigenvalue weighted by Gasteiger charge is -2.22. The van der Waals surface area contributed by atoms with Crippen molar-refractivity contribution in [1.29, 1.82) is 0 Å². The summed E-state index contributed by atoms with van der Waals surface area (Å²) in [5.41, 5.74) is -0.584. The predicted molar refractivity (Wildman–Crippen MR) is 53.1 cm³/mol. The number of carbonyl (C=O) groups is 1. The maximum Gasteiger partial charge on any atom is 0.441 e. The van der Waals surface area contributed by atoms with Gasteiger partial charge in [0.2, 0.25) is 0 Å². The summed E-state index contributed by atoms with van der Waals surface area (Å²) >= 11 is 0. The lowest BCUT2D eigenvalue weighted by atomic mass is 10.2. The minimum Gasteiger partial charge on any atom is -0.395 e. The van der Waals surface area contributed by atoms with Gasteiger partial charge < -0.3 is 15.1 Å². The van der Waals surface area contributed by atoms with Gasteiger partial charge in [0, 0.05) is 13.1 Å². The van der Waals surface area contributed by atoms with Gasteiger partial charge in [-0.25, -0.2) is 4.79 Å². The topological polar surface area (TPSA) is 79.2 Å². The first-order chi connectivity index (χ1) is 6.90. The molecule has 6 nitrogen and oxygen atoms in total. The van der Waals surface area contributed by atoms with Crippen LogP contribution in [0.3, 0.4) is 0 Å². The maximum atomic E-state index is 11.3. The summed E-state index contributed by atoms with van der Waals surface area (Å²) in [7, 11) is 0. The molecule has 0 fully saturated rings. The van der Waals surface area contributed by atoms with Crippen LogP contribution in [0.2, 0.25) is 0 Å². The molecule has 0 spiro atoms. The van der Waals surface area contributed by atoms with Crippen molar-refractivity contribution in [2.45, 2.75) is 26.4 Å². The monoisotopic (exact) mass is 221 g/mol. The Bertz CT molecular complexity index is 183. The maximum absolute atomic E-state index is 11.3. The number of aliphatic hydroxyl groups excluding tert-OH is 2. The van der Waals surface area contributed by atoms with Gasteiger partial charge in [0.1, 0.15) is 5.60 Å². The first kappa shape index (κ1) is 14.2. The molecule has 1 amide bonds. The van der Waals surface area contributed by atoms with Crippen molar-refractivity contribution in [3.05, 3.63) is 0 Å². The molecule has 90 valence electrons. The Morgan fingerprint density at radius 2 is 1.67 bits per heavy atom. The minimum absolute atomic E-state index is 0.104. The Hall–Kier alpha value is -0.850. The van der Waals surface area contributed by atoms with Gasteiger partial charge in [-0.05, 0) is 20.8 Å². The molecule has 0 aromatic carbocycles. The smallest absolute Gasteiger partial charge is 0.395 e. The average molecular weight is 221 g/mol. The SMILES string of the molecule is CC(C)(C)OOC(=O)N(CCO)CCO. The van der Waals surface area contributed by atoms with E-state index < -0.39 is 11.7 Å². The molecule has 6 heteroatoms. The first-order valence-corrected chi connectivity index (χ1v) is 4.77. The zero-order chi connectivity index (χ0) is 11.9. The summed E-state index contributed by atoms with van der Waals surface area (Å²) in [5, 5.41) is 17.3. The fraction of sp³-hybridized carbons (Fsp3) is 0.889. The van der Waals surface area contributed by atoms with Gasteiger partial charge in [0.05, 0.1) is 13.2 Å². The number of carbonyl (C=O) groups excluding carboxylic acids is 1. The Labute approximate surface area is 89.3 Å². The van der Waals surface area contributed by atoms with Gasteiger partial charge in [-0.3, -0.25) is 4.89 Å². The van der Waals surface area contributed by atoms with Crippen molar-refractivity contribution in [3.63, 3.8) is 0 Å². The standard InChI is InChI=1S/C9H19NO5/c1-9(2,3)15-14-8(13)10(4-6-11)5-7-12/h11-12H,4-7H2,1-3H3. The van der Waals surface area contributed by atoms with E-state index in [-0.39, 0.29) is 26.3 Å². The molecule has 0 aromatic heterocycles. The molecule has 0 atom stereocenters. The molecule has 0 unspecified atom stereocenters. The van der Waals surface area contributed by atoms with E-state index in [0.29, 0.717) is 0 Å². The second kappa shape index (κ2) is 6.60. The Morgan fingerprint density at radius 1 is 1.20 bits per heavy atom. The van der Waals surface area contributed by atoms with Crippen LogP contribution in [-0.4, -0.2) is 53.1 Å². The molecule has 0 aliphatic rings. The van der Waals surface area contributed by atoms with Crippen LogP contribution in [0.25, 0.3) is 0 Å². The van der Waals surface area contributed by atoms with Crippen LogP contribution < -0.4 is 0 Å². The fourth-order valence-corrected chi connectivity index (χ4v) is 0.749. The molecule has 0 aliphatic carbocycles. The van der Waals surface area contributed by atoms with Crippen LogP contribution in [0.15, 0.2) is 0 Å². The minimum atomic E-state index is -0.715. The Balaban J connectivity index is 4.02. The molecular formula is C9H19NO5. The molecule has 15 heavy (non-hydrogen) atoms. The van der Waals surface area contributed by atoms with E-state index in [2.05, 4.69) is 4.89 Å². The van der Waals surface area contributed by atoms with Crippen LogP contribution in [0.1, 0.15) is 20.8 Å². The predicted octanol–water partition coefficient (Wildman–Crippen LogP) is 0.140. The molecule has 0 bridgehead atoms. The van der Waals surface area contributed by atoms with Crippen molar-refractivity contribution in [3.8, 4) is 0 Å². The van der Waals surface area contributed by atoms with Gasteiger partial charge in [-0.15, -0.1) is 0 Å². The quantitative estimate of drug-likeness (QED) is 0.510. The van der Waals surface area contributed by atoms with Crippen LogP contribution in [-0.2, 0) is 9.78 Å². The normalized spacial score (nSPS) is 11.3. The second-order valence-corrected chi connectivity index (χ2v) is 3.98. The molecule has 2 N–H and O–H groups in total. The number of amides is 1. The van der Waals surface area contributed by atoms with Crippen molar-refractivity contribution < 1.29 is 24.8 Å². The van der Waals surface area contributed by atoms with Crippen molar-refractivity contribution in [2.75, 3.05) is 26.3 Å². The summed E-state index contributed by atoms with van der Waals surface area (Å²) in [6.07, 6.45) is -0.715. The van der Waals surface area contributed by atoms with E-state index in [1.807, 2.05) is 0 Å². The molecule has 0 aliphatic heterocycles. The summed E-state index contributed by atoms with van der Waals surface area (Å²) in [5.74, 6) is 0. The molecular weight excluding hydrogens is 202 g/mol. The molecule has 0 saturated carbocycles. The highest BCUT2D eigenvalue weighted by molar-refractivity contribution is 5.66. The van der Waals surface area contributed by atoms with Crippen molar-refractivity contribution in [2.24, 2.45) is 0 Å². The third-order valence-electron chi connectivity index (χ3n) is 1.36. The van der Waals surface area contributed by atoms with Gasteiger partial charge in [-0.2, -0.15) is 4.89 Å². The highest BCUT2D eigenvalue weighted by Crippen LogP contribution is 2.08. The van der Waals surface area contributed by atoms with Gasteiger partial charge in [-0.1, -0.05) is 0 Å². The molecule has 0 rings (SSSR count). The lowest BCUT2D eigenvalue weighted by Crippen LogP contribution is -2.37. The van der Waals surface area contributed by atoms with E-state index in [0.717, 1.165) is 4.90 Å². The van der Waals surface area contributed by atoms with E-state index in [1.165, 1.54) is 0 Å². The van der Waals surface area contributed by atoms with Crippen molar-refractivity contribution >= 4 is 6.09 Å². The molecule has 0 aromatic rings. The molecule has 0 saturated heterocycles. The largest absolute Gasteiger partial charge is 0.441 e. The van der Waals surface area contributed by atoms with Gasteiger partial charge in [0.25, 0.3) is 0 Å². The van der Waals surface area contributed by atoms with E-state index in [4.69, 9.17) is 15.1 Å². The number of hydrogen-bond donors (Lipinski definition) is 2. The second-order valence-electron chi connectivity index (χ2n) is 3.98. The lowest BCUT2D eigenvalue weighted by molar-refractivity contribution is -0.305. The van der Waals surface area contributed by atoms with Crippen molar-refractivity contribution in [1.82, 2.24) is 4.90 Å². The van der Waals surface area contributed by atoms with E-state index in [9.17, 15) is 4.79 Å². The number of aliphatic hydroxyl groups is 2. The fourth-order valence-electron chi connectivity index (χ4n) is 0.749. The average Bonchev–Trinajstić information content (AvgIpc) is 2.13. The van der Waals surface area contributed by atoms with Crippen LogP contribution in [0.5, 0.6) is 0 Å². The Kier molecular flexibility index (Phi) is 6.23. The highest BCUT2D eigenvalue weighted by Gasteiger charge is 2.19. The summed E-state index contributed by atoms with van der Waals surface area (Å²) < 4.78 is 0. The third-order valence-corrected chi connectivity index (χ3v) is 1.36. The first-order valence-electron chi connectivity index (χ1n) is 4.77. The summed E-state index contributed by atoms with van der Waals surface area (Å²) in [6.45, 7) is 5.04. The zero-order valence-electron chi connectivity index (χ0n) is 9.39. The molecule has 0 heterocycles. The number of nitrogens with zero attached hydrogens (tertiary/aromatic N) is 1. The Morgan fingerprint density at radius 3 is 2.00 bits per heavy atom. The molecule has 0 radical (unpaired) electrons. The van der Waals surface area contributed by atoms with Gasteiger partial charge in [0.15, 0.2) is 0 Å². The van der Waals surface area contributed by atoms with Crippen LogP contribution in [0, 0.1) is 0 Å². The van der Waals surface area contributed by atoms with E-state index >= 15 is 0 Å². The van der Waals surface area contributed by atoms with Crippen LogP contribution in [0.4, 0.5) is 4.79 Å². The number of rotatable bonds is 5. The summed E-state index contributed by atoms with van der Waals surface area (Å²) in [6, 6.07) is 0. The van der Waals surface area contributed by atoms with E-state index in [1.54, 1.807) is 20.8 Å². The number of hydrogen-bond acceptors (Lipinski definition) is 5. The zero-order valence-corrected chi connectivity index (χ0v) is 9.39. The van der Waals surface area contributed by atoms with Gasteiger partial charge >= 0.3 is 6.09 Å². The third kappa shape index (κ3) is 7.12. The highest BCUT2D eigenvalue weighted by atomic mass is 17.2. The summed E-state index contributed by atoms with van der Waals surface area (Å²) in [4.78, 5) is 21.8.